The average molecular weight is 242 g/mol. The van der Waals surface area contributed by atoms with Crippen LogP contribution in [0.2, 0.25) is 0 Å². The summed E-state index contributed by atoms with van der Waals surface area (Å²) in [4.78, 5) is 25.7. The third kappa shape index (κ3) is 2.97. The van der Waals surface area contributed by atoms with Crippen molar-refractivity contribution >= 4 is 12.0 Å². The van der Waals surface area contributed by atoms with Crippen LogP contribution >= 0.6 is 0 Å². The van der Waals surface area contributed by atoms with E-state index in [4.69, 9.17) is 5.11 Å². The minimum atomic E-state index is -1.08. The van der Waals surface area contributed by atoms with Crippen LogP contribution in [0, 0.1) is 0 Å². The zero-order valence-electron chi connectivity index (χ0n) is 9.87. The Labute approximate surface area is 100 Å². The highest BCUT2D eigenvalue weighted by Gasteiger charge is 2.40. The fourth-order valence-corrected chi connectivity index (χ4v) is 1.94. The lowest BCUT2D eigenvalue weighted by Crippen LogP contribution is -2.48. The molecule has 0 unspecified atom stereocenters. The second-order valence-corrected chi connectivity index (χ2v) is 4.01. The number of carboxylic acids is 1. The first-order valence-corrected chi connectivity index (χ1v) is 5.58. The quantitative estimate of drug-likeness (QED) is 0.687. The van der Waals surface area contributed by atoms with Gasteiger partial charge in [-0.15, -0.1) is 6.58 Å². The van der Waals surface area contributed by atoms with Gasteiger partial charge in [-0.1, -0.05) is 6.08 Å². The summed E-state index contributed by atoms with van der Waals surface area (Å²) in [5.74, 6) is -1.08. The van der Waals surface area contributed by atoms with Crippen molar-refractivity contribution in [2.24, 2.45) is 0 Å². The van der Waals surface area contributed by atoms with Crippen LogP contribution in [0.5, 0.6) is 0 Å². The van der Waals surface area contributed by atoms with Crippen molar-refractivity contribution < 1.29 is 19.8 Å². The number of aliphatic hydroxyl groups excluding tert-OH is 1. The number of carbonyl (C=O) groups is 2. The summed E-state index contributed by atoms with van der Waals surface area (Å²) in [5, 5.41) is 18.4. The third-order valence-corrected chi connectivity index (χ3v) is 2.81. The second kappa shape index (κ2) is 5.67. The summed E-state index contributed by atoms with van der Waals surface area (Å²) in [6.07, 6.45) is 0.915. The Morgan fingerprint density at radius 3 is 2.71 bits per heavy atom. The Bertz CT molecular complexity index is 319. The van der Waals surface area contributed by atoms with Crippen LogP contribution in [0.4, 0.5) is 4.79 Å². The molecular formula is C11H18N2O4. The summed E-state index contributed by atoms with van der Waals surface area (Å²) >= 11 is 0. The Balaban J connectivity index is 2.78. The lowest BCUT2D eigenvalue weighted by Gasteiger charge is -2.28. The molecule has 0 radical (unpaired) electrons. The van der Waals surface area contributed by atoms with Crippen LogP contribution in [-0.2, 0) is 4.79 Å². The number of carbonyl (C=O) groups excluding carboxylic acids is 1. The number of amides is 2. The van der Waals surface area contributed by atoms with Gasteiger partial charge in [0.05, 0.1) is 6.10 Å². The molecule has 0 aromatic heterocycles. The fourth-order valence-electron chi connectivity index (χ4n) is 1.94. The number of hydrogen-bond acceptors (Lipinski definition) is 3. The Kier molecular flexibility index (Phi) is 4.51. The number of likely N-dealkylation sites (N-methyl/N-ethyl adjacent to an activating group) is 1. The van der Waals surface area contributed by atoms with Crippen LogP contribution in [-0.4, -0.2) is 63.8 Å². The monoisotopic (exact) mass is 242 g/mol. The van der Waals surface area contributed by atoms with Crippen LogP contribution in [0.25, 0.3) is 0 Å². The summed E-state index contributed by atoms with van der Waals surface area (Å²) < 4.78 is 0. The number of urea groups is 1. The van der Waals surface area contributed by atoms with E-state index < -0.39 is 18.1 Å². The summed E-state index contributed by atoms with van der Waals surface area (Å²) in [6.45, 7) is 6.28. The maximum Gasteiger partial charge on any atom is 0.326 e. The van der Waals surface area contributed by atoms with Crippen LogP contribution in [0.15, 0.2) is 12.7 Å². The van der Waals surface area contributed by atoms with Crippen LogP contribution in [0.3, 0.4) is 0 Å². The molecule has 1 aliphatic heterocycles. The molecule has 1 aliphatic rings. The summed E-state index contributed by atoms with van der Waals surface area (Å²) in [6, 6.07) is -1.30. The molecule has 2 amide bonds. The molecule has 1 rings (SSSR count). The molecule has 1 fully saturated rings. The Morgan fingerprint density at radius 1 is 1.59 bits per heavy atom. The summed E-state index contributed by atoms with van der Waals surface area (Å²) in [5.41, 5.74) is 0. The van der Waals surface area contributed by atoms with Gasteiger partial charge in [0.25, 0.3) is 0 Å². The summed E-state index contributed by atoms with van der Waals surface area (Å²) in [7, 11) is 0. The fraction of sp³-hybridized carbons (Fsp3) is 0.636. The smallest absolute Gasteiger partial charge is 0.326 e. The van der Waals surface area contributed by atoms with Gasteiger partial charge in [-0.05, 0) is 6.92 Å². The first-order valence-electron chi connectivity index (χ1n) is 5.58. The normalized spacial score (nSPS) is 23.5. The van der Waals surface area contributed by atoms with Crippen molar-refractivity contribution in [3.8, 4) is 0 Å². The standard InChI is InChI=1S/C11H18N2O4/c1-3-5-12(4-2)11(17)13-7-8(14)6-9(13)10(15)16/h3,8-9,14H,1,4-7H2,2H3,(H,15,16)/t8-,9-/m0/s1. The van der Waals surface area contributed by atoms with Gasteiger partial charge in [0.1, 0.15) is 6.04 Å². The van der Waals surface area contributed by atoms with Crippen molar-refractivity contribution in [1.29, 1.82) is 0 Å². The predicted octanol–water partition coefficient (Wildman–Crippen LogP) is 0.134. The molecule has 0 bridgehead atoms. The first kappa shape index (κ1) is 13.5. The van der Waals surface area contributed by atoms with Crippen molar-refractivity contribution in [3.05, 3.63) is 12.7 Å². The SMILES string of the molecule is C=CCN(CC)C(=O)N1C[C@@H](O)C[C@H]1C(=O)O. The van der Waals surface area contributed by atoms with E-state index in [-0.39, 0.29) is 19.0 Å². The molecule has 1 saturated heterocycles. The molecule has 0 saturated carbocycles. The van der Waals surface area contributed by atoms with Gasteiger partial charge in [0.2, 0.25) is 0 Å². The molecule has 2 atom stereocenters. The average Bonchev–Trinajstić information content (AvgIpc) is 2.67. The van der Waals surface area contributed by atoms with E-state index in [0.717, 1.165) is 0 Å². The molecule has 96 valence electrons. The van der Waals surface area contributed by atoms with Gasteiger partial charge < -0.3 is 20.0 Å². The molecular weight excluding hydrogens is 224 g/mol. The molecule has 17 heavy (non-hydrogen) atoms. The van der Waals surface area contributed by atoms with Gasteiger partial charge in [-0.3, -0.25) is 0 Å². The number of β-amino-alcohol motifs (C(OH)–C–C–N with tert-alkyl or cyclic N) is 1. The van der Waals surface area contributed by atoms with E-state index in [9.17, 15) is 14.7 Å². The van der Waals surface area contributed by atoms with Crippen LogP contribution in [0.1, 0.15) is 13.3 Å². The van der Waals surface area contributed by atoms with Gasteiger partial charge in [-0.2, -0.15) is 0 Å². The molecule has 6 heteroatoms. The zero-order chi connectivity index (χ0) is 13.0. The first-order chi connectivity index (χ1) is 8.01. The number of aliphatic carboxylic acids is 1. The topological polar surface area (TPSA) is 81.1 Å². The maximum atomic E-state index is 12.1. The highest BCUT2D eigenvalue weighted by atomic mass is 16.4. The van der Waals surface area contributed by atoms with Crippen molar-refractivity contribution in [2.45, 2.75) is 25.5 Å². The maximum absolute atomic E-state index is 12.1. The van der Waals surface area contributed by atoms with Crippen LogP contribution < -0.4 is 0 Å². The largest absolute Gasteiger partial charge is 0.480 e. The second-order valence-electron chi connectivity index (χ2n) is 4.01. The third-order valence-electron chi connectivity index (χ3n) is 2.81. The number of carboxylic acid groups (broad SMARTS) is 1. The lowest BCUT2D eigenvalue weighted by molar-refractivity contribution is -0.141. The molecule has 2 N–H and O–H groups in total. The van der Waals surface area contributed by atoms with Crippen molar-refractivity contribution in [3.63, 3.8) is 0 Å². The molecule has 6 nitrogen and oxygen atoms in total. The molecule has 0 aliphatic carbocycles. The molecule has 0 spiro atoms. The minimum Gasteiger partial charge on any atom is -0.480 e. The van der Waals surface area contributed by atoms with E-state index in [1.165, 1.54) is 9.80 Å². The minimum absolute atomic E-state index is 0.0729. The zero-order valence-corrected chi connectivity index (χ0v) is 9.87. The number of nitrogens with zero attached hydrogens (tertiary/aromatic N) is 2. The Hall–Kier alpha value is -1.56. The van der Waals surface area contributed by atoms with E-state index >= 15 is 0 Å². The highest BCUT2D eigenvalue weighted by Crippen LogP contribution is 2.19. The predicted molar refractivity (Wildman–Crippen MR) is 61.6 cm³/mol. The number of hydrogen-bond donors (Lipinski definition) is 2. The highest BCUT2D eigenvalue weighted by molar-refractivity contribution is 5.83. The molecule has 1 heterocycles. The Morgan fingerprint density at radius 2 is 2.24 bits per heavy atom. The molecule has 0 aromatic rings. The van der Waals surface area contributed by atoms with Gasteiger partial charge in [0, 0.05) is 26.1 Å². The number of aliphatic hydroxyl groups is 1. The van der Waals surface area contributed by atoms with Gasteiger partial charge >= 0.3 is 12.0 Å². The number of likely N-dealkylation sites (tertiary alicyclic amines) is 1. The van der Waals surface area contributed by atoms with Crippen molar-refractivity contribution in [2.75, 3.05) is 19.6 Å². The van der Waals surface area contributed by atoms with Crippen molar-refractivity contribution in [1.82, 2.24) is 9.80 Å². The number of rotatable bonds is 4. The van der Waals surface area contributed by atoms with Gasteiger partial charge in [-0.25, -0.2) is 9.59 Å². The van der Waals surface area contributed by atoms with Gasteiger partial charge in [0.15, 0.2) is 0 Å². The molecule has 0 aromatic carbocycles. The van der Waals surface area contributed by atoms with E-state index in [0.29, 0.717) is 13.1 Å². The van der Waals surface area contributed by atoms with E-state index in [1.807, 2.05) is 6.92 Å². The lowest BCUT2D eigenvalue weighted by atomic mass is 10.2. The van der Waals surface area contributed by atoms with E-state index in [1.54, 1.807) is 6.08 Å². The van der Waals surface area contributed by atoms with E-state index in [2.05, 4.69) is 6.58 Å².